The first-order valence-corrected chi connectivity index (χ1v) is 2.81. The van der Waals surface area contributed by atoms with Gasteiger partial charge in [0.25, 0.3) is 0 Å². The van der Waals surface area contributed by atoms with Crippen molar-refractivity contribution in [2.24, 2.45) is 0 Å². The van der Waals surface area contributed by atoms with E-state index >= 15 is 0 Å². The molecule has 0 unspecified atom stereocenters. The summed E-state index contributed by atoms with van der Waals surface area (Å²) in [4.78, 5) is 2.78. The van der Waals surface area contributed by atoms with E-state index in [1.807, 2.05) is 0 Å². The lowest BCUT2D eigenvalue weighted by Crippen LogP contribution is -2.68. The number of rotatable bonds is 1. The SMILES string of the molecule is O=PC1=[NH+]CCO1. The minimum atomic E-state index is -0.0448. The minimum absolute atomic E-state index is 0.0448. The van der Waals surface area contributed by atoms with Gasteiger partial charge in [0.05, 0.1) is 0 Å². The Morgan fingerprint density at radius 3 is 3.00 bits per heavy atom. The molecule has 38 valence electrons. The van der Waals surface area contributed by atoms with Crippen molar-refractivity contribution in [1.29, 1.82) is 0 Å². The standard InChI is InChI=1S/C3H4NO2P/c5-7-3-4-1-2-6-3/h1-2H2/p+1. The van der Waals surface area contributed by atoms with Gasteiger partial charge in [0.1, 0.15) is 0 Å². The molecule has 0 aromatic carbocycles. The fourth-order valence-electron chi connectivity index (χ4n) is 0.415. The van der Waals surface area contributed by atoms with Gasteiger partial charge >= 0.3 is 14.1 Å². The van der Waals surface area contributed by atoms with Crippen LogP contribution in [0.15, 0.2) is 0 Å². The van der Waals surface area contributed by atoms with E-state index < -0.39 is 0 Å². The van der Waals surface area contributed by atoms with E-state index in [0.29, 0.717) is 12.2 Å². The maximum Gasteiger partial charge on any atom is 0.429 e. The quantitative estimate of drug-likeness (QED) is 0.437. The highest BCUT2D eigenvalue weighted by atomic mass is 31.1. The molecule has 0 amide bonds. The molecule has 1 aliphatic rings. The van der Waals surface area contributed by atoms with Gasteiger partial charge in [-0.2, -0.15) is 0 Å². The van der Waals surface area contributed by atoms with Crippen molar-refractivity contribution < 1.29 is 14.3 Å². The molecule has 1 heterocycles. The van der Waals surface area contributed by atoms with Gasteiger partial charge in [-0.1, -0.05) is 0 Å². The van der Waals surface area contributed by atoms with E-state index in [0.717, 1.165) is 6.54 Å². The Balaban J connectivity index is 2.51. The molecule has 1 aliphatic heterocycles. The Bertz CT molecular complexity index is 112. The fraction of sp³-hybridized carbons (Fsp3) is 0.667. The van der Waals surface area contributed by atoms with Crippen molar-refractivity contribution in [2.45, 2.75) is 0 Å². The first-order valence-electron chi connectivity index (χ1n) is 2.00. The number of hydrogen-bond donors (Lipinski definition) is 1. The van der Waals surface area contributed by atoms with Crippen LogP contribution in [0, 0.1) is 0 Å². The van der Waals surface area contributed by atoms with Gasteiger partial charge in [-0.05, 0) is 0 Å². The number of ether oxygens (including phenoxy) is 1. The van der Waals surface area contributed by atoms with Crippen LogP contribution in [0.1, 0.15) is 0 Å². The smallest absolute Gasteiger partial charge is 0.429 e. The van der Waals surface area contributed by atoms with E-state index in [1.54, 1.807) is 0 Å². The zero-order valence-corrected chi connectivity index (χ0v) is 4.57. The average molecular weight is 118 g/mol. The summed E-state index contributed by atoms with van der Waals surface area (Å²) in [6.07, 6.45) is 0. The van der Waals surface area contributed by atoms with Crippen LogP contribution in [0.4, 0.5) is 0 Å². The predicted molar refractivity (Wildman–Crippen MR) is 24.4 cm³/mol. The highest BCUT2D eigenvalue weighted by Crippen LogP contribution is 1.93. The number of nitrogens with one attached hydrogen (secondary N) is 1. The third-order valence-corrected chi connectivity index (χ3v) is 1.15. The second kappa shape index (κ2) is 2.03. The Hall–Kier alpha value is -0.430. The summed E-state index contributed by atoms with van der Waals surface area (Å²) >= 11 is 0. The third kappa shape index (κ3) is 0.967. The summed E-state index contributed by atoms with van der Waals surface area (Å²) in [5.41, 5.74) is 0.458. The van der Waals surface area contributed by atoms with Crippen molar-refractivity contribution in [2.75, 3.05) is 13.2 Å². The molecule has 0 aromatic rings. The van der Waals surface area contributed by atoms with Crippen molar-refractivity contribution in [3.05, 3.63) is 0 Å². The van der Waals surface area contributed by atoms with Gasteiger partial charge in [0.2, 0.25) is 0 Å². The van der Waals surface area contributed by atoms with Crippen LogP contribution in [0.25, 0.3) is 0 Å². The summed E-state index contributed by atoms with van der Waals surface area (Å²) in [6, 6.07) is 0. The van der Waals surface area contributed by atoms with Crippen molar-refractivity contribution >= 4 is 14.1 Å². The van der Waals surface area contributed by atoms with E-state index in [-0.39, 0.29) is 8.46 Å². The van der Waals surface area contributed by atoms with Crippen LogP contribution in [0.5, 0.6) is 0 Å². The molecule has 0 aromatic heterocycles. The van der Waals surface area contributed by atoms with Gasteiger partial charge in [0.15, 0.2) is 13.2 Å². The molecule has 0 aliphatic carbocycles. The molecule has 0 spiro atoms. The fourth-order valence-corrected chi connectivity index (χ4v) is 0.736. The van der Waals surface area contributed by atoms with E-state index in [9.17, 15) is 4.57 Å². The minimum Gasteiger partial charge on any atom is -0.432 e. The van der Waals surface area contributed by atoms with Gasteiger partial charge in [-0.3, -0.25) is 4.57 Å². The highest BCUT2D eigenvalue weighted by Gasteiger charge is 2.12. The third-order valence-electron chi connectivity index (χ3n) is 0.700. The number of hydrogen-bond acceptors (Lipinski definition) is 2. The summed E-state index contributed by atoms with van der Waals surface area (Å²) in [6.45, 7) is 1.43. The molecule has 1 N–H and O–H groups in total. The maximum absolute atomic E-state index is 9.88. The second-order valence-electron chi connectivity index (χ2n) is 1.17. The van der Waals surface area contributed by atoms with Crippen LogP contribution in [0.3, 0.4) is 0 Å². The molecule has 0 fully saturated rings. The normalized spacial score (nSPS) is 19.1. The molecular weight excluding hydrogens is 113 g/mol. The highest BCUT2D eigenvalue weighted by molar-refractivity contribution is 7.45. The van der Waals surface area contributed by atoms with Crippen LogP contribution in [-0.2, 0) is 9.30 Å². The largest absolute Gasteiger partial charge is 0.432 e. The zero-order chi connectivity index (χ0) is 5.11. The van der Waals surface area contributed by atoms with Crippen LogP contribution in [-0.4, -0.2) is 18.8 Å². The first-order chi connectivity index (χ1) is 3.43. The van der Waals surface area contributed by atoms with Crippen molar-refractivity contribution in [3.63, 3.8) is 0 Å². The lowest BCUT2D eigenvalue weighted by molar-refractivity contribution is -0.442. The van der Waals surface area contributed by atoms with E-state index in [1.165, 1.54) is 0 Å². The van der Waals surface area contributed by atoms with Gasteiger partial charge in [-0.15, -0.1) is 0 Å². The molecule has 3 nitrogen and oxygen atoms in total. The van der Waals surface area contributed by atoms with Gasteiger partial charge in [-0.25, -0.2) is 4.99 Å². The molecule has 4 heteroatoms. The second-order valence-corrected chi connectivity index (χ2v) is 1.76. The van der Waals surface area contributed by atoms with Crippen molar-refractivity contribution in [1.82, 2.24) is 0 Å². The molecule has 1 rings (SSSR count). The molecule has 7 heavy (non-hydrogen) atoms. The van der Waals surface area contributed by atoms with Crippen molar-refractivity contribution in [3.8, 4) is 0 Å². The van der Waals surface area contributed by atoms with E-state index in [2.05, 4.69) is 4.99 Å². The maximum atomic E-state index is 9.88. The average Bonchev–Trinajstić information content (AvgIpc) is 2.14. The molecule has 0 atom stereocenters. The first kappa shape index (κ1) is 4.72. The Labute approximate surface area is 42.6 Å². The lowest BCUT2D eigenvalue weighted by Gasteiger charge is -1.77. The topological polar surface area (TPSA) is 40.3 Å². The Morgan fingerprint density at radius 2 is 2.71 bits per heavy atom. The Kier molecular flexibility index (Phi) is 1.37. The molecule has 0 bridgehead atoms. The van der Waals surface area contributed by atoms with Crippen LogP contribution >= 0.6 is 8.46 Å². The zero-order valence-electron chi connectivity index (χ0n) is 3.68. The van der Waals surface area contributed by atoms with Crippen LogP contribution in [0.2, 0.25) is 0 Å². The molecule has 0 saturated heterocycles. The summed E-state index contributed by atoms with van der Waals surface area (Å²) in [5, 5.41) is 0. The Morgan fingerprint density at radius 1 is 1.86 bits per heavy atom. The predicted octanol–water partition coefficient (Wildman–Crippen LogP) is -1.26. The lowest BCUT2D eigenvalue weighted by atomic mass is 10.8. The summed E-state index contributed by atoms with van der Waals surface area (Å²) in [7, 11) is -0.0448. The summed E-state index contributed by atoms with van der Waals surface area (Å²) < 4.78 is 14.7. The van der Waals surface area contributed by atoms with E-state index in [4.69, 9.17) is 4.74 Å². The molecule has 0 saturated carbocycles. The van der Waals surface area contributed by atoms with Crippen LogP contribution < -0.4 is 4.99 Å². The molecule has 0 radical (unpaired) electrons. The van der Waals surface area contributed by atoms with Gasteiger partial charge in [0, 0.05) is 0 Å². The molecular formula is C3H5NO2P+. The summed E-state index contributed by atoms with van der Waals surface area (Å²) in [5.74, 6) is 0. The monoisotopic (exact) mass is 118 g/mol. The van der Waals surface area contributed by atoms with Gasteiger partial charge < -0.3 is 4.74 Å².